The summed E-state index contributed by atoms with van der Waals surface area (Å²) >= 11 is 0. The molecule has 0 spiro atoms. The lowest BCUT2D eigenvalue weighted by atomic mass is 10.1. The summed E-state index contributed by atoms with van der Waals surface area (Å²) in [4.78, 5) is 22.4. The number of nitrogens with one attached hydrogen (secondary N) is 1. The highest BCUT2D eigenvalue weighted by Gasteiger charge is 2.16. The topological polar surface area (TPSA) is 81.4 Å². The summed E-state index contributed by atoms with van der Waals surface area (Å²) in [6.45, 7) is 3.59. The molecule has 0 saturated heterocycles. The van der Waals surface area contributed by atoms with Crippen LogP contribution < -0.4 is 11.1 Å². The molecular formula is C10H20N2O3. The second kappa shape index (κ2) is 7.23. The average molecular weight is 216 g/mol. The Morgan fingerprint density at radius 2 is 2.07 bits per heavy atom. The number of hydrogen-bond acceptors (Lipinski definition) is 4. The molecule has 0 aliphatic heterocycles. The molecule has 2 atom stereocenters. The first-order valence-corrected chi connectivity index (χ1v) is 5.14. The van der Waals surface area contributed by atoms with Crippen molar-refractivity contribution in [3.63, 3.8) is 0 Å². The van der Waals surface area contributed by atoms with Gasteiger partial charge in [0.1, 0.15) is 6.04 Å². The van der Waals surface area contributed by atoms with Gasteiger partial charge in [-0.25, -0.2) is 4.79 Å². The van der Waals surface area contributed by atoms with Gasteiger partial charge in [-0.05, 0) is 13.3 Å². The summed E-state index contributed by atoms with van der Waals surface area (Å²) in [5.74, 6) is -0.665. The summed E-state index contributed by atoms with van der Waals surface area (Å²) in [7, 11) is 1.29. The van der Waals surface area contributed by atoms with Gasteiger partial charge in [0, 0.05) is 12.5 Å². The van der Waals surface area contributed by atoms with Crippen molar-refractivity contribution >= 4 is 11.9 Å². The van der Waals surface area contributed by atoms with Crippen LogP contribution in [0.1, 0.15) is 33.1 Å². The average Bonchev–Trinajstić information content (AvgIpc) is 2.16. The second-order valence-corrected chi connectivity index (χ2v) is 3.57. The summed E-state index contributed by atoms with van der Waals surface area (Å²) in [5.41, 5.74) is 5.69. The largest absolute Gasteiger partial charge is 0.467 e. The second-order valence-electron chi connectivity index (χ2n) is 3.57. The van der Waals surface area contributed by atoms with Crippen molar-refractivity contribution in [2.24, 2.45) is 5.73 Å². The number of methoxy groups -OCH3 is 1. The quantitative estimate of drug-likeness (QED) is 0.621. The third kappa shape index (κ3) is 6.06. The molecule has 0 aromatic rings. The summed E-state index contributed by atoms with van der Waals surface area (Å²) in [6, 6.07) is -0.754. The fourth-order valence-corrected chi connectivity index (χ4v) is 1.25. The van der Waals surface area contributed by atoms with Gasteiger partial charge in [0.2, 0.25) is 5.91 Å². The monoisotopic (exact) mass is 216 g/mol. The first-order valence-electron chi connectivity index (χ1n) is 5.14. The standard InChI is InChI=1S/C10H20N2O3/c1-4-5-8(11)6-9(13)12-7(2)10(14)15-3/h7-8H,4-6,11H2,1-3H3,(H,12,13)/t7-,8?/m0/s1. The van der Waals surface area contributed by atoms with Crippen molar-refractivity contribution in [2.45, 2.75) is 45.2 Å². The van der Waals surface area contributed by atoms with Gasteiger partial charge in [-0.1, -0.05) is 13.3 Å². The van der Waals surface area contributed by atoms with Gasteiger partial charge in [0.05, 0.1) is 7.11 Å². The zero-order valence-electron chi connectivity index (χ0n) is 9.58. The number of amides is 1. The van der Waals surface area contributed by atoms with Crippen molar-refractivity contribution in [1.82, 2.24) is 5.32 Å². The molecule has 0 bridgehead atoms. The lowest BCUT2D eigenvalue weighted by molar-refractivity contribution is -0.144. The smallest absolute Gasteiger partial charge is 0.328 e. The Bertz CT molecular complexity index is 219. The number of rotatable bonds is 6. The zero-order chi connectivity index (χ0) is 11.8. The fourth-order valence-electron chi connectivity index (χ4n) is 1.25. The maximum Gasteiger partial charge on any atom is 0.328 e. The van der Waals surface area contributed by atoms with Crippen molar-refractivity contribution in [3.8, 4) is 0 Å². The van der Waals surface area contributed by atoms with Gasteiger partial charge in [-0.3, -0.25) is 4.79 Å². The predicted octanol–water partition coefficient (Wildman–Crippen LogP) is 0.182. The highest BCUT2D eigenvalue weighted by atomic mass is 16.5. The van der Waals surface area contributed by atoms with Crippen molar-refractivity contribution < 1.29 is 14.3 Å². The van der Waals surface area contributed by atoms with E-state index in [0.29, 0.717) is 0 Å². The van der Waals surface area contributed by atoms with E-state index in [1.807, 2.05) is 6.92 Å². The van der Waals surface area contributed by atoms with Crippen LogP contribution >= 0.6 is 0 Å². The minimum atomic E-state index is -0.615. The molecule has 0 saturated carbocycles. The Balaban J connectivity index is 3.87. The molecule has 0 aromatic heterocycles. The predicted molar refractivity (Wildman–Crippen MR) is 57.1 cm³/mol. The maximum atomic E-state index is 11.4. The van der Waals surface area contributed by atoms with E-state index >= 15 is 0 Å². The Morgan fingerprint density at radius 1 is 1.47 bits per heavy atom. The molecule has 0 fully saturated rings. The van der Waals surface area contributed by atoms with E-state index in [-0.39, 0.29) is 18.4 Å². The van der Waals surface area contributed by atoms with E-state index in [0.717, 1.165) is 12.8 Å². The van der Waals surface area contributed by atoms with Gasteiger partial charge < -0.3 is 15.8 Å². The van der Waals surface area contributed by atoms with Crippen LogP contribution in [-0.2, 0) is 14.3 Å². The minimum absolute atomic E-state index is 0.139. The van der Waals surface area contributed by atoms with E-state index in [1.54, 1.807) is 6.92 Å². The summed E-state index contributed by atoms with van der Waals surface area (Å²) in [6.07, 6.45) is 2.00. The number of carbonyl (C=O) groups excluding carboxylic acids is 2. The molecule has 0 heterocycles. The molecule has 1 amide bonds. The SMILES string of the molecule is CCCC(N)CC(=O)N[C@@H](C)C(=O)OC. The Labute approximate surface area is 90.4 Å². The molecule has 0 aliphatic rings. The number of ether oxygens (including phenoxy) is 1. The van der Waals surface area contributed by atoms with Gasteiger partial charge >= 0.3 is 5.97 Å². The Morgan fingerprint density at radius 3 is 2.53 bits per heavy atom. The lowest BCUT2D eigenvalue weighted by Crippen LogP contribution is -2.41. The fraction of sp³-hybridized carbons (Fsp3) is 0.800. The van der Waals surface area contributed by atoms with Gasteiger partial charge in [0.25, 0.3) is 0 Å². The van der Waals surface area contributed by atoms with Crippen LogP contribution in [0.3, 0.4) is 0 Å². The molecular weight excluding hydrogens is 196 g/mol. The van der Waals surface area contributed by atoms with E-state index in [1.165, 1.54) is 7.11 Å². The van der Waals surface area contributed by atoms with E-state index in [4.69, 9.17) is 5.73 Å². The Kier molecular flexibility index (Phi) is 6.70. The van der Waals surface area contributed by atoms with E-state index in [9.17, 15) is 9.59 Å². The summed E-state index contributed by atoms with van der Waals surface area (Å²) in [5, 5.41) is 2.53. The molecule has 0 radical (unpaired) electrons. The normalized spacial score (nSPS) is 14.1. The molecule has 1 unspecified atom stereocenters. The van der Waals surface area contributed by atoms with Crippen LogP contribution in [0.15, 0.2) is 0 Å². The van der Waals surface area contributed by atoms with Crippen LogP contribution in [0.25, 0.3) is 0 Å². The molecule has 0 aromatic carbocycles. The van der Waals surface area contributed by atoms with Crippen molar-refractivity contribution in [1.29, 1.82) is 0 Å². The number of carbonyl (C=O) groups is 2. The third-order valence-electron chi connectivity index (χ3n) is 2.04. The number of nitrogens with two attached hydrogens (primary N) is 1. The molecule has 0 rings (SSSR count). The van der Waals surface area contributed by atoms with E-state index in [2.05, 4.69) is 10.1 Å². The van der Waals surface area contributed by atoms with Gasteiger partial charge in [0.15, 0.2) is 0 Å². The lowest BCUT2D eigenvalue weighted by Gasteiger charge is -2.14. The van der Waals surface area contributed by atoms with Gasteiger partial charge in [-0.2, -0.15) is 0 Å². The maximum absolute atomic E-state index is 11.4. The first-order chi connectivity index (χ1) is 7.01. The first kappa shape index (κ1) is 13.9. The summed E-state index contributed by atoms with van der Waals surface area (Å²) < 4.78 is 4.48. The number of hydrogen-bond donors (Lipinski definition) is 2. The molecule has 5 heteroatoms. The van der Waals surface area contributed by atoms with Crippen molar-refractivity contribution in [2.75, 3.05) is 7.11 Å². The molecule has 5 nitrogen and oxygen atoms in total. The van der Waals surface area contributed by atoms with Crippen LogP contribution in [0.2, 0.25) is 0 Å². The number of esters is 1. The highest BCUT2D eigenvalue weighted by Crippen LogP contribution is 1.98. The molecule has 15 heavy (non-hydrogen) atoms. The van der Waals surface area contributed by atoms with Crippen molar-refractivity contribution in [3.05, 3.63) is 0 Å². The Hall–Kier alpha value is -1.10. The van der Waals surface area contributed by atoms with Crippen LogP contribution in [0, 0.1) is 0 Å². The third-order valence-corrected chi connectivity index (χ3v) is 2.04. The van der Waals surface area contributed by atoms with Gasteiger partial charge in [-0.15, -0.1) is 0 Å². The minimum Gasteiger partial charge on any atom is -0.467 e. The highest BCUT2D eigenvalue weighted by molar-refractivity contribution is 5.84. The van der Waals surface area contributed by atoms with Crippen LogP contribution in [0.5, 0.6) is 0 Å². The molecule has 3 N–H and O–H groups in total. The molecule has 88 valence electrons. The van der Waals surface area contributed by atoms with Crippen LogP contribution in [0.4, 0.5) is 0 Å². The zero-order valence-corrected chi connectivity index (χ0v) is 9.58. The van der Waals surface area contributed by atoms with Crippen LogP contribution in [-0.4, -0.2) is 31.1 Å². The molecule has 0 aliphatic carbocycles. The van der Waals surface area contributed by atoms with E-state index < -0.39 is 12.0 Å².